The molecule has 0 radical (unpaired) electrons. The summed E-state index contributed by atoms with van der Waals surface area (Å²) in [5, 5.41) is 3.37. The Labute approximate surface area is 125 Å². The van der Waals surface area contributed by atoms with Crippen LogP contribution in [0.4, 0.5) is 5.69 Å². The molecule has 1 aromatic rings. The van der Waals surface area contributed by atoms with Crippen molar-refractivity contribution in [3.05, 3.63) is 29.8 Å². The summed E-state index contributed by atoms with van der Waals surface area (Å²) in [5.41, 5.74) is 2.19. The molecule has 0 atom stereocenters. The van der Waals surface area contributed by atoms with Crippen molar-refractivity contribution in [1.82, 2.24) is 10.2 Å². The standard InChI is InChI=1S/C16H22N4O/c1-17-16(19-9-4-5-10-19)18-8-11-20-14-7-3-2-6-13(14)12-15(20)21/h2-3,6-7H,4-5,8-12H2,1H3,(H,17,18). The number of para-hydroxylation sites is 1. The average Bonchev–Trinajstić information content (AvgIpc) is 3.12. The maximum Gasteiger partial charge on any atom is 0.231 e. The summed E-state index contributed by atoms with van der Waals surface area (Å²) in [4.78, 5) is 20.6. The third-order valence-electron chi connectivity index (χ3n) is 4.16. The summed E-state index contributed by atoms with van der Waals surface area (Å²) in [7, 11) is 1.82. The number of nitrogens with zero attached hydrogens (tertiary/aromatic N) is 3. The summed E-state index contributed by atoms with van der Waals surface area (Å²) in [6.07, 6.45) is 2.99. The van der Waals surface area contributed by atoms with Gasteiger partial charge in [-0.05, 0) is 24.5 Å². The first-order chi connectivity index (χ1) is 10.3. The third-order valence-corrected chi connectivity index (χ3v) is 4.16. The lowest BCUT2D eigenvalue weighted by Gasteiger charge is -2.23. The van der Waals surface area contributed by atoms with Gasteiger partial charge in [0, 0.05) is 38.9 Å². The molecule has 1 saturated heterocycles. The van der Waals surface area contributed by atoms with Crippen molar-refractivity contribution in [3.8, 4) is 0 Å². The van der Waals surface area contributed by atoms with Gasteiger partial charge in [0.2, 0.25) is 5.91 Å². The summed E-state index contributed by atoms with van der Waals surface area (Å²) < 4.78 is 0. The van der Waals surface area contributed by atoms with E-state index in [0.29, 0.717) is 13.0 Å². The molecule has 1 aromatic carbocycles. The van der Waals surface area contributed by atoms with E-state index in [4.69, 9.17) is 0 Å². The number of carbonyl (C=O) groups excluding carboxylic acids is 1. The van der Waals surface area contributed by atoms with Gasteiger partial charge in [0.05, 0.1) is 6.42 Å². The number of guanidine groups is 1. The quantitative estimate of drug-likeness (QED) is 0.672. The summed E-state index contributed by atoms with van der Waals surface area (Å²) in [6.45, 7) is 3.56. The van der Waals surface area contributed by atoms with Gasteiger partial charge in [-0.25, -0.2) is 0 Å². The molecule has 0 spiro atoms. The minimum atomic E-state index is 0.189. The number of likely N-dealkylation sites (tertiary alicyclic amines) is 1. The zero-order valence-electron chi connectivity index (χ0n) is 12.5. The highest BCUT2D eigenvalue weighted by Gasteiger charge is 2.26. The van der Waals surface area contributed by atoms with E-state index in [1.807, 2.05) is 36.2 Å². The van der Waals surface area contributed by atoms with E-state index in [0.717, 1.165) is 36.8 Å². The van der Waals surface area contributed by atoms with Crippen LogP contribution in [0.2, 0.25) is 0 Å². The molecule has 5 heteroatoms. The number of carbonyl (C=O) groups is 1. The van der Waals surface area contributed by atoms with Crippen molar-refractivity contribution < 1.29 is 4.79 Å². The van der Waals surface area contributed by atoms with E-state index in [1.54, 1.807) is 0 Å². The fraction of sp³-hybridized carbons (Fsp3) is 0.500. The third kappa shape index (κ3) is 2.86. The number of fused-ring (bicyclic) bond motifs is 1. The fourth-order valence-corrected chi connectivity index (χ4v) is 3.10. The molecule has 5 nitrogen and oxygen atoms in total. The van der Waals surface area contributed by atoms with Crippen LogP contribution in [-0.4, -0.2) is 50.0 Å². The molecule has 2 aliphatic rings. The molecule has 1 amide bonds. The van der Waals surface area contributed by atoms with E-state index >= 15 is 0 Å². The molecule has 2 aliphatic heterocycles. The number of benzene rings is 1. The Morgan fingerprint density at radius 2 is 2.05 bits per heavy atom. The van der Waals surface area contributed by atoms with Gasteiger partial charge in [-0.3, -0.25) is 9.79 Å². The number of amides is 1. The van der Waals surface area contributed by atoms with Gasteiger partial charge in [0.1, 0.15) is 0 Å². The molecule has 3 rings (SSSR count). The minimum absolute atomic E-state index is 0.189. The van der Waals surface area contributed by atoms with Crippen molar-refractivity contribution in [2.45, 2.75) is 19.3 Å². The number of rotatable bonds is 3. The Bertz CT molecular complexity index is 549. The van der Waals surface area contributed by atoms with Crippen LogP contribution in [0.5, 0.6) is 0 Å². The summed E-state index contributed by atoms with van der Waals surface area (Å²) >= 11 is 0. The van der Waals surface area contributed by atoms with Crippen molar-refractivity contribution >= 4 is 17.6 Å². The van der Waals surface area contributed by atoms with E-state index in [9.17, 15) is 4.79 Å². The fourth-order valence-electron chi connectivity index (χ4n) is 3.10. The van der Waals surface area contributed by atoms with E-state index in [1.165, 1.54) is 12.8 Å². The molecule has 1 fully saturated rings. The number of anilines is 1. The van der Waals surface area contributed by atoms with Crippen LogP contribution in [-0.2, 0) is 11.2 Å². The minimum Gasteiger partial charge on any atom is -0.354 e. The summed E-state index contributed by atoms with van der Waals surface area (Å²) in [6, 6.07) is 8.03. The first-order valence-corrected chi connectivity index (χ1v) is 7.63. The lowest BCUT2D eigenvalue weighted by molar-refractivity contribution is -0.117. The molecule has 2 heterocycles. The number of aliphatic imine (C=N–C) groups is 1. The molecule has 0 aliphatic carbocycles. The SMILES string of the molecule is CN=C(NCCN1C(=O)Cc2ccccc21)N1CCCC1. The Hall–Kier alpha value is -2.04. The smallest absolute Gasteiger partial charge is 0.231 e. The van der Waals surface area contributed by atoms with Crippen LogP contribution in [0.15, 0.2) is 29.3 Å². The molecule has 0 saturated carbocycles. The first-order valence-electron chi connectivity index (χ1n) is 7.63. The van der Waals surface area contributed by atoms with Crippen molar-refractivity contribution in [3.63, 3.8) is 0 Å². The lowest BCUT2D eigenvalue weighted by Crippen LogP contribution is -2.43. The Kier molecular flexibility index (Phi) is 4.08. The van der Waals surface area contributed by atoms with Crippen LogP contribution in [0.3, 0.4) is 0 Å². The molecule has 0 aromatic heterocycles. The van der Waals surface area contributed by atoms with Gasteiger partial charge < -0.3 is 15.1 Å². The number of nitrogens with one attached hydrogen (secondary N) is 1. The Morgan fingerprint density at radius 1 is 1.29 bits per heavy atom. The topological polar surface area (TPSA) is 47.9 Å². The van der Waals surface area contributed by atoms with Crippen LogP contribution < -0.4 is 10.2 Å². The number of hydrogen-bond acceptors (Lipinski definition) is 2. The molecule has 112 valence electrons. The average molecular weight is 286 g/mol. The van der Waals surface area contributed by atoms with Crippen LogP contribution in [0.25, 0.3) is 0 Å². The maximum atomic E-state index is 12.1. The van der Waals surface area contributed by atoms with Gasteiger partial charge >= 0.3 is 0 Å². The van der Waals surface area contributed by atoms with Crippen molar-refractivity contribution in [1.29, 1.82) is 0 Å². The van der Waals surface area contributed by atoms with E-state index in [2.05, 4.69) is 15.2 Å². The van der Waals surface area contributed by atoms with E-state index < -0.39 is 0 Å². The molecule has 0 unspecified atom stereocenters. The van der Waals surface area contributed by atoms with Gasteiger partial charge in [-0.1, -0.05) is 18.2 Å². The van der Waals surface area contributed by atoms with Crippen LogP contribution in [0.1, 0.15) is 18.4 Å². The van der Waals surface area contributed by atoms with Gasteiger partial charge in [0.15, 0.2) is 5.96 Å². The first kappa shape index (κ1) is 13.9. The molecule has 21 heavy (non-hydrogen) atoms. The molecular weight excluding hydrogens is 264 g/mol. The zero-order valence-corrected chi connectivity index (χ0v) is 12.5. The molecule has 0 bridgehead atoms. The van der Waals surface area contributed by atoms with Crippen LogP contribution in [0, 0.1) is 0 Å². The Balaban J connectivity index is 1.57. The highest BCUT2D eigenvalue weighted by molar-refractivity contribution is 6.01. The van der Waals surface area contributed by atoms with Gasteiger partial charge in [-0.2, -0.15) is 0 Å². The van der Waals surface area contributed by atoms with Gasteiger partial charge in [-0.15, -0.1) is 0 Å². The lowest BCUT2D eigenvalue weighted by atomic mass is 10.2. The second-order valence-electron chi connectivity index (χ2n) is 5.52. The number of hydrogen-bond donors (Lipinski definition) is 1. The molecule has 1 N–H and O–H groups in total. The van der Waals surface area contributed by atoms with Crippen LogP contribution >= 0.6 is 0 Å². The van der Waals surface area contributed by atoms with Crippen molar-refractivity contribution in [2.24, 2.45) is 4.99 Å². The highest BCUT2D eigenvalue weighted by atomic mass is 16.2. The van der Waals surface area contributed by atoms with E-state index in [-0.39, 0.29) is 5.91 Å². The predicted molar refractivity (Wildman–Crippen MR) is 84.7 cm³/mol. The van der Waals surface area contributed by atoms with Gasteiger partial charge in [0.25, 0.3) is 0 Å². The second-order valence-corrected chi connectivity index (χ2v) is 5.52. The largest absolute Gasteiger partial charge is 0.354 e. The predicted octanol–water partition coefficient (Wildman–Crippen LogP) is 1.25. The monoisotopic (exact) mass is 286 g/mol. The summed E-state index contributed by atoms with van der Waals surface area (Å²) in [5.74, 6) is 1.14. The second kappa shape index (κ2) is 6.16. The Morgan fingerprint density at radius 3 is 2.81 bits per heavy atom. The van der Waals surface area contributed by atoms with Crippen molar-refractivity contribution in [2.75, 3.05) is 38.1 Å². The maximum absolute atomic E-state index is 12.1. The normalized spacial score (nSPS) is 18.3. The zero-order chi connectivity index (χ0) is 14.7. The highest BCUT2D eigenvalue weighted by Crippen LogP contribution is 2.27. The molecular formula is C16H22N4O.